The van der Waals surface area contributed by atoms with E-state index in [1.807, 2.05) is 18.2 Å². The van der Waals surface area contributed by atoms with Crippen molar-refractivity contribution in [3.05, 3.63) is 60.2 Å². The second-order valence-corrected chi connectivity index (χ2v) is 6.52. The zero-order valence-corrected chi connectivity index (χ0v) is 14.4. The van der Waals surface area contributed by atoms with Crippen molar-refractivity contribution >= 4 is 10.1 Å². The van der Waals surface area contributed by atoms with Crippen LogP contribution in [0.1, 0.15) is 31.7 Å². The van der Waals surface area contributed by atoms with E-state index in [4.69, 9.17) is 9.29 Å². The van der Waals surface area contributed by atoms with Gasteiger partial charge in [-0.3, -0.25) is 4.55 Å². The minimum Gasteiger partial charge on any atom is -0.492 e. The lowest BCUT2D eigenvalue weighted by molar-refractivity contribution is 0.297. The van der Waals surface area contributed by atoms with E-state index in [1.165, 1.54) is 17.7 Å². The first kappa shape index (κ1) is 19.2. The summed E-state index contributed by atoms with van der Waals surface area (Å²) in [6.07, 6.45) is 2.98. The van der Waals surface area contributed by atoms with Gasteiger partial charge in [-0.1, -0.05) is 67.8 Å². The van der Waals surface area contributed by atoms with Crippen molar-refractivity contribution in [2.45, 2.75) is 38.0 Å². The van der Waals surface area contributed by atoms with Gasteiger partial charge in [-0.05, 0) is 25.5 Å². The van der Waals surface area contributed by atoms with Crippen LogP contribution in [0.3, 0.4) is 0 Å². The molecule has 2 rings (SSSR count). The largest absolute Gasteiger partial charge is 0.492 e. The van der Waals surface area contributed by atoms with Crippen molar-refractivity contribution in [2.75, 3.05) is 6.61 Å². The SMILES string of the molecule is CCCCCOc1ccccc1S(=O)(=O)O.Cc1ccccc1. The predicted octanol–water partition coefficient (Wildman–Crippen LogP) is 4.50. The van der Waals surface area contributed by atoms with Gasteiger partial charge in [0.25, 0.3) is 10.1 Å². The topological polar surface area (TPSA) is 63.6 Å². The van der Waals surface area contributed by atoms with Gasteiger partial charge in [-0.2, -0.15) is 8.42 Å². The maximum absolute atomic E-state index is 11.0. The molecular formula is C18H24O4S. The van der Waals surface area contributed by atoms with E-state index < -0.39 is 10.1 Å². The fourth-order valence-electron chi connectivity index (χ4n) is 1.85. The molecule has 0 aromatic heterocycles. The average molecular weight is 336 g/mol. The zero-order valence-electron chi connectivity index (χ0n) is 13.6. The lowest BCUT2D eigenvalue weighted by Gasteiger charge is -2.08. The van der Waals surface area contributed by atoms with E-state index in [9.17, 15) is 8.42 Å². The van der Waals surface area contributed by atoms with Crippen molar-refractivity contribution in [3.63, 3.8) is 0 Å². The molecule has 0 atom stereocenters. The molecule has 0 heterocycles. The summed E-state index contributed by atoms with van der Waals surface area (Å²) in [5.41, 5.74) is 1.32. The van der Waals surface area contributed by atoms with Crippen molar-refractivity contribution in [2.24, 2.45) is 0 Å². The van der Waals surface area contributed by atoms with Gasteiger partial charge in [0.1, 0.15) is 10.6 Å². The molecule has 0 amide bonds. The Bertz CT molecular complexity index is 666. The smallest absolute Gasteiger partial charge is 0.298 e. The van der Waals surface area contributed by atoms with E-state index in [-0.39, 0.29) is 10.6 Å². The van der Waals surface area contributed by atoms with Crippen LogP contribution in [0.25, 0.3) is 0 Å². The number of hydrogen-bond acceptors (Lipinski definition) is 3. The Morgan fingerprint density at radius 2 is 1.57 bits per heavy atom. The number of para-hydroxylation sites is 1. The van der Waals surface area contributed by atoms with Gasteiger partial charge in [0.15, 0.2) is 0 Å². The minimum atomic E-state index is -4.20. The van der Waals surface area contributed by atoms with Crippen LogP contribution in [0.5, 0.6) is 5.75 Å². The Kier molecular flexibility index (Phi) is 8.37. The molecule has 0 radical (unpaired) electrons. The Balaban J connectivity index is 0.000000313. The van der Waals surface area contributed by atoms with Crippen LogP contribution < -0.4 is 4.74 Å². The number of ether oxygens (including phenoxy) is 1. The molecule has 126 valence electrons. The van der Waals surface area contributed by atoms with Gasteiger partial charge in [-0.15, -0.1) is 0 Å². The lowest BCUT2D eigenvalue weighted by atomic mass is 10.2. The quantitative estimate of drug-likeness (QED) is 0.623. The zero-order chi connectivity index (χ0) is 17.1. The van der Waals surface area contributed by atoms with Crippen LogP contribution in [0.2, 0.25) is 0 Å². The Morgan fingerprint density at radius 1 is 0.957 bits per heavy atom. The van der Waals surface area contributed by atoms with Crippen LogP contribution in [0.4, 0.5) is 0 Å². The van der Waals surface area contributed by atoms with E-state index in [0.717, 1.165) is 19.3 Å². The molecule has 0 saturated heterocycles. The summed E-state index contributed by atoms with van der Waals surface area (Å²) in [6, 6.07) is 16.3. The fourth-order valence-corrected chi connectivity index (χ4v) is 2.48. The molecule has 4 nitrogen and oxygen atoms in total. The first-order chi connectivity index (χ1) is 10.9. The van der Waals surface area contributed by atoms with Crippen LogP contribution in [0.15, 0.2) is 59.5 Å². The number of hydrogen-bond donors (Lipinski definition) is 1. The van der Waals surface area contributed by atoms with Crippen LogP contribution in [-0.2, 0) is 10.1 Å². The summed E-state index contributed by atoms with van der Waals surface area (Å²) in [5, 5.41) is 0. The second kappa shape index (κ2) is 10.0. The van der Waals surface area contributed by atoms with Gasteiger partial charge in [0.05, 0.1) is 6.61 Å². The molecule has 23 heavy (non-hydrogen) atoms. The molecule has 0 fully saturated rings. The molecular weight excluding hydrogens is 312 g/mol. The van der Waals surface area contributed by atoms with Gasteiger partial charge in [-0.25, -0.2) is 0 Å². The molecule has 2 aromatic rings. The summed E-state index contributed by atoms with van der Waals surface area (Å²) in [4.78, 5) is -0.175. The summed E-state index contributed by atoms with van der Waals surface area (Å²) in [5.74, 6) is 0.209. The number of rotatable bonds is 6. The predicted molar refractivity (Wildman–Crippen MR) is 92.5 cm³/mol. The highest BCUT2D eigenvalue weighted by molar-refractivity contribution is 7.86. The molecule has 0 aliphatic carbocycles. The van der Waals surface area contributed by atoms with Crippen molar-refractivity contribution in [1.29, 1.82) is 0 Å². The Morgan fingerprint density at radius 3 is 2.09 bits per heavy atom. The highest BCUT2D eigenvalue weighted by Gasteiger charge is 2.15. The molecule has 0 spiro atoms. The number of unbranched alkanes of at least 4 members (excludes halogenated alkanes) is 2. The third-order valence-corrected chi connectivity index (χ3v) is 3.97. The number of benzene rings is 2. The van der Waals surface area contributed by atoms with Crippen molar-refractivity contribution in [3.8, 4) is 5.75 Å². The minimum absolute atomic E-state index is 0.175. The van der Waals surface area contributed by atoms with E-state index in [0.29, 0.717) is 6.61 Å². The standard InChI is InChI=1S/C11H16O4S.C7H8/c1-2-3-6-9-15-10-7-4-5-8-11(10)16(12,13)14;1-7-5-3-2-4-6-7/h4-5,7-8H,2-3,6,9H2,1H3,(H,12,13,14);2-6H,1H3. The Labute approximate surface area is 138 Å². The lowest BCUT2D eigenvalue weighted by Crippen LogP contribution is -2.04. The third-order valence-electron chi connectivity index (χ3n) is 3.07. The number of aryl methyl sites for hydroxylation is 1. The Hall–Kier alpha value is -1.85. The van der Waals surface area contributed by atoms with Gasteiger partial charge >= 0.3 is 0 Å². The van der Waals surface area contributed by atoms with Gasteiger partial charge in [0, 0.05) is 0 Å². The molecule has 2 aromatic carbocycles. The van der Waals surface area contributed by atoms with Gasteiger partial charge in [0.2, 0.25) is 0 Å². The summed E-state index contributed by atoms with van der Waals surface area (Å²) in [7, 11) is -4.20. The fraction of sp³-hybridized carbons (Fsp3) is 0.333. The van der Waals surface area contributed by atoms with Crippen molar-refractivity contribution < 1.29 is 17.7 Å². The molecule has 0 bridgehead atoms. The summed E-state index contributed by atoms with van der Waals surface area (Å²) < 4.78 is 36.3. The molecule has 0 aliphatic heterocycles. The normalized spacial score (nSPS) is 10.6. The van der Waals surface area contributed by atoms with Crippen LogP contribution in [-0.4, -0.2) is 19.6 Å². The summed E-state index contributed by atoms with van der Waals surface area (Å²) >= 11 is 0. The van der Waals surface area contributed by atoms with Crippen LogP contribution >= 0.6 is 0 Å². The van der Waals surface area contributed by atoms with Crippen LogP contribution in [0, 0.1) is 6.92 Å². The molecule has 0 aliphatic rings. The maximum atomic E-state index is 11.0. The monoisotopic (exact) mass is 336 g/mol. The van der Waals surface area contributed by atoms with Gasteiger partial charge < -0.3 is 4.74 Å². The highest BCUT2D eigenvalue weighted by atomic mass is 32.2. The first-order valence-electron chi connectivity index (χ1n) is 7.66. The van der Waals surface area contributed by atoms with Crippen molar-refractivity contribution in [1.82, 2.24) is 0 Å². The molecule has 0 unspecified atom stereocenters. The molecule has 0 saturated carbocycles. The molecule has 5 heteroatoms. The first-order valence-corrected chi connectivity index (χ1v) is 9.10. The van der Waals surface area contributed by atoms with E-state index >= 15 is 0 Å². The third kappa shape index (κ3) is 7.81. The maximum Gasteiger partial charge on any atom is 0.298 e. The second-order valence-electron chi connectivity index (χ2n) is 5.13. The highest BCUT2D eigenvalue weighted by Crippen LogP contribution is 2.23. The summed E-state index contributed by atoms with van der Waals surface area (Å²) in [6.45, 7) is 4.62. The molecule has 1 N–H and O–H groups in total. The van der Waals surface area contributed by atoms with E-state index in [2.05, 4.69) is 26.0 Å². The van der Waals surface area contributed by atoms with E-state index in [1.54, 1.807) is 12.1 Å². The average Bonchev–Trinajstić information content (AvgIpc) is 2.52.